The number of fused-ring (bicyclic) bond motifs is 1. The molecule has 1 aliphatic rings. The van der Waals surface area contributed by atoms with E-state index < -0.39 is 0 Å². The summed E-state index contributed by atoms with van der Waals surface area (Å²) in [6.07, 6.45) is 2.92. The zero-order valence-corrected chi connectivity index (χ0v) is 19.0. The fourth-order valence-corrected chi connectivity index (χ4v) is 4.84. The number of benzene rings is 3. The zero-order chi connectivity index (χ0) is 21.9. The van der Waals surface area contributed by atoms with Crippen LogP contribution in [-0.4, -0.2) is 10.3 Å². The van der Waals surface area contributed by atoms with Crippen molar-refractivity contribution in [2.24, 2.45) is 5.16 Å². The molecule has 0 fully saturated rings. The third kappa shape index (κ3) is 4.32. The topological polar surface area (TPSA) is 26.5 Å². The molecule has 0 atom stereocenters. The van der Waals surface area contributed by atoms with Crippen molar-refractivity contribution in [2.45, 2.75) is 25.9 Å². The van der Waals surface area contributed by atoms with Crippen LogP contribution in [0, 0.1) is 0 Å². The van der Waals surface area contributed by atoms with Crippen molar-refractivity contribution in [3.63, 3.8) is 0 Å². The predicted octanol–water partition coefficient (Wildman–Crippen LogP) is 7.71. The molecule has 1 aliphatic carbocycles. The molecule has 0 amide bonds. The fraction of sp³-hybridized carbons (Fsp3) is 0.148. The number of halogens is 2. The number of hydrogen-bond acceptors (Lipinski definition) is 2. The van der Waals surface area contributed by atoms with E-state index in [4.69, 9.17) is 28.0 Å². The molecule has 3 aromatic carbocycles. The van der Waals surface area contributed by atoms with Gasteiger partial charge < -0.3 is 9.40 Å². The van der Waals surface area contributed by atoms with Crippen LogP contribution in [0.15, 0.2) is 90.1 Å². The van der Waals surface area contributed by atoms with E-state index in [2.05, 4.69) is 64.3 Å². The van der Waals surface area contributed by atoms with E-state index in [0.717, 1.165) is 47.5 Å². The highest BCUT2D eigenvalue weighted by Gasteiger charge is 2.24. The van der Waals surface area contributed by atoms with Gasteiger partial charge in [-0.3, -0.25) is 0 Å². The summed E-state index contributed by atoms with van der Waals surface area (Å²) in [4.78, 5) is 5.75. The van der Waals surface area contributed by atoms with Crippen LogP contribution >= 0.6 is 23.2 Å². The van der Waals surface area contributed by atoms with Gasteiger partial charge >= 0.3 is 0 Å². The van der Waals surface area contributed by atoms with Crippen molar-refractivity contribution in [1.82, 2.24) is 4.57 Å². The van der Waals surface area contributed by atoms with Crippen molar-refractivity contribution in [1.29, 1.82) is 0 Å². The van der Waals surface area contributed by atoms with Gasteiger partial charge in [-0.05, 0) is 66.8 Å². The van der Waals surface area contributed by atoms with Crippen LogP contribution in [0.3, 0.4) is 0 Å². The number of hydrogen-bond donors (Lipinski definition) is 0. The molecule has 0 aliphatic heterocycles. The molecule has 1 heterocycles. The molecule has 4 aromatic rings. The minimum Gasteiger partial charge on any atom is -0.391 e. The van der Waals surface area contributed by atoms with Gasteiger partial charge in [0.1, 0.15) is 6.61 Å². The molecule has 32 heavy (non-hydrogen) atoms. The zero-order valence-electron chi connectivity index (χ0n) is 17.5. The maximum atomic E-state index is 6.10. The molecular weight excluding hydrogens is 439 g/mol. The Kier molecular flexibility index (Phi) is 6.02. The average molecular weight is 461 g/mol. The molecular formula is C27H22Cl2N2O. The summed E-state index contributed by atoms with van der Waals surface area (Å²) in [5.74, 6) is 0. The molecule has 0 unspecified atom stereocenters. The van der Waals surface area contributed by atoms with E-state index in [1.54, 1.807) is 6.07 Å². The maximum Gasteiger partial charge on any atom is 0.142 e. The lowest BCUT2D eigenvalue weighted by Crippen LogP contribution is -2.14. The summed E-state index contributed by atoms with van der Waals surface area (Å²) in [6.45, 7) is 0.323. The Hall–Kier alpha value is -3.01. The van der Waals surface area contributed by atoms with Crippen molar-refractivity contribution in [3.8, 4) is 16.9 Å². The first-order valence-electron chi connectivity index (χ1n) is 10.7. The van der Waals surface area contributed by atoms with Crippen molar-refractivity contribution < 1.29 is 4.84 Å². The molecule has 0 radical (unpaired) electrons. The van der Waals surface area contributed by atoms with Crippen LogP contribution < -0.4 is 0 Å². The van der Waals surface area contributed by atoms with E-state index in [1.165, 1.54) is 11.3 Å². The van der Waals surface area contributed by atoms with E-state index in [1.807, 2.05) is 24.3 Å². The van der Waals surface area contributed by atoms with E-state index in [-0.39, 0.29) is 0 Å². The second kappa shape index (κ2) is 9.23. The van der Waals surface area contributed by atoms with Crippen LogP contribution in [0.2, 0.25) is 10.0 Å². The average Bonchev–Trinajstić information content (AvgIpc) is 3.20. The summed E-state index contributed by atoms with van der Waals surface area (Å²) in [5, 5.41) is 5.73. The largest absolute Gasteiger partial charge is 0.391 e. The Morgan fingerprint density at radius 2 is 1.50 bits per heavy atom. The highest BCUT2D eigenvalue weighted by Crippen LogP contribution is 2.34. The van der Waals surface area contributed by atoms with Gasteiger partial charge in [0, 0.05) is 27.0 Å². The van der Waals surface area contributed by atoms with Crippen molar-refractivity contribution in [2.75, 3.05) is 0 Å². The summed E-state index contributed by atoms with van der Waals surface area (Å²) >= 11 is 12.2. The van der Waals surface area contributed by atoms with Gasteiger partial charge in [0.25, 0.3) is 0 Å². The van der Waals surface area contributed by atoms with Gasteiger partial charge in [0.2, 0.25) is 0 Å². The Morgan fingerprint density at radius 1 is 0.812 bits per heavy atom. The molecule has 0 bridgehead atoms. The quantitative estimate of drug-likeness (QED) is 0.280. The third-order valence-corrected chi connectivity index (χ3v) is 6.09. The van der Waals surface area contributed by atoms with Gasteiger partial charge in [0.05, 0.1) is 11.4 Å². The predicted molar refractivity (Wildman–Crippen MR) is 132 cm³/mol. The Balaban J connectivity index is 1.52. The molecule has 160 valence electrons. The molecule has 0 spiro atoms. The fourth-order valence-electron chi connectivity index (χ4n) is 4.27. The van der Waals surface area contributed by atoms with Crippen molar-refractivity contribution >= 4 is 28.9 Å². The van der Waals surface area contributed by atoms with Gasteiger partial charge in [0.15, 0.2) is 0 Å². The van der Waals surface area contributed by atoms with Crippen LogP contribution in [0.5, 0.6) is 0 Å². The number of rotatable bonds is 5. The van der Waals surface area contributed by atoms with Gasteiger partial charge in [-0.1, -0.05) is 76.9 Å². The summed E-state index contributed by atoms with van der Waals surface area (Å²) < 4.78 is 2.36. The smallest absolute Gasteiger partial charge is 0.142 e. The molecule has 3 nitrogen and oxygen atoms in total. The molecule has 1 aromatic heterocycles. The van der Waals surface area contributed by atoms with Gasteiger partial charge in [-0.25, -0.2) is 0 Å². The lowest BCUT2D eigenvalue weighted by molar-refractivity contribution is 0.130. The van der Waals surface area contributed by atoms with Gasteiger partial charge in [-0.2, -0.15) is 0 Å². The van der Waals surface area contributed by atoms with Crippen LogP contribution in [0.25, 0.3) is 16.9 Å². The minimum absolute atomic E-state index is 0.323. The SMILES string of the molecule is Clc1cc(Cl)cc(CON=C2CCCc3c2cc(-c2ccccc2)n3-c2ccccc2)c1. The highest BCUT2D eigenvalue weighted by molar-refractivity contribution is 6.34. The Labute approximate surface area is 197 Å². The molecule has 0 saturated heterocycles. The summed E-state index contributed by atoms with van der Waals surface area (Å²) in [6, 6.07) is 28.6. The summed E-state index contributed by atoms with van der Waals surface area (Å²) in [7, 11) is 0. The van der Waals surface area contributed by atoms with Crippen molar-refractivity contribution in [3.05, 3.63) is 112 Å². The Morgan fingerprint density at radius 3 is 2.22 bits per heavy atom. The second-order valence-corrected chi connectivity index (χ2v) is 8.74. The van der Waals surface area contributed by atoms with Crippen LogP contribution in [-0.2, 0) is 17.9 Å². The first-order chi connectivity index (χ1) is 15.7. The monoisotopic (exact) mass is 460 g/mol. The highest BCUT2D eigenvalue weighted by atomic mass is 35.5. The number of aromatic nitrogens is 1. The molecule has 5 rings (SSSR count). The first-order valence-corrected chi connectivity index (χ1v) is 11.4. The minimum atomic E-state index is 0.323. The van der Waals surface area contributed by atoms with Gasteiger partial charge in [-0.15, -0.1) is 0 Å². The molecule has 0 N–H and O–H groups in total. The standard InChI is InChI=1S/C27H22Cl2N2O/c28-21-14-19(15-22(29)16-21)18-32-30-25-12-7-13-26-24(25)17-27(20-8-3-1-4-9-20)31(26)23-10-5-2-6-11-23/h1-6,8-11,14-17H,7,12-13,18H2. The number of oxime groups is 1. The maximum absolute atomic E-state index is 6.10. The lowest BCUT2D eigenvalue weighted by Gasteiger charge is -2.18. The van der Waals surface area contributed by atoms with E-state index in [0.29, 0.717) is 16.7 Å². The van der Waals surface area contributed by atoms with E-state index in [9.17, 15) is 0 Å². The van der Waals surface area contributed by atoms with Crippen LogP contribution in [0.1, 0.15) is 29.7 Å². The first kappa shape index (κ1) is 20.9. The normalized spacial score (nSPS) is 14.4. The summed E-state index contributed by atoms with van der Waals surface area (Å²) in [5.41, 5.74) is 7.81. The Bertz CT molecular complexity index is 1240. The number of para-hydroxylation sites is 1. The van der Waals surface area contributed by atoms with Crippen LogP contribution in [0.4, 0.5) is 0 Å². The number of nitrogens with zero attached hydrogens (tertiary/aromatic N) is 2. The van der Waals surface area contributed by atoms with E-state index >= 15 is 0 Å². The lowest BCUT2D eigenvalue weighted by atomic mass is 9.95. The molecule has 5 heteroatoms. The molecule has 0 saturated carbocycles. The third-order valence-electron chi connectivity index (χ3n) is 5.65. The second-order valence-electron chi connectivity index (χ2n) is 7.87.